The van der Waals surface area contributed by atoms with Crippen LogP contribution in [0.3, 0.4) is 0 Å². The van der Waals surface area contributed by atoms with Crippen molar-refractivity contribution in [3.8, 4) is 23.0 Å². The average molecular weight is 473 g/mol. The maximum absolute atomic E-state index is 12.5. The highest BCUT2D eigenvalue weighted by Gasteiger charge is 2.47. The van der Waals surface area contributed by atoms with Crippen LogP contribution in [0.15, 0.2) is 30.3 Å². The monoisotopic (exact) mass is 472 g/mol. The van der Waals surface area contributed by atoms with Gasteiger partial charge in [-0.25, -0.2) is 0 Å². The summed E-state index contributed by atoms with van der Waals surface area (Å²) in [4.78, 5) is 24.2. The van der Waals surface area contributed by atoms with Crippen molar-refractivity contribution in [2.24, 2.45) is 5.92 Å². The van der Waals surface area contributed by atoms with Gasteiger partial charge in [0.1, 0.15) is 0 Å². The molecule has 184 valence electrons. The van der Waals surface area contributed by atoms with Crippen molar-refractivity contribution in [1.82, 2.24) is 0 Å². The maximum atomic E-state index is 12.5. The first-order valence-electron chi connectivity index (χ1n) is 11.5. The summed E-state index contributed by atoms with van der Waals surface area (Å²) in [5.41, 5.74) is 2.06. The van der Waals surface area contributed by atoms with Gasteiger partial charge in [-0.15, -0.1) is 0 Å². The van der Waals surface area contributed by atoms with Crippen molar-refractivity contribution < 1.29 is 38.7 Å². The second kappa shape index (κ2) is 11.1. The van der Waals surface area contributed by atoms with Gasteiger partial charge in [0.2, 0.25) is 0 Å². The Morgan fingerprint density at radius 3 is 1.97 bits per heavy atom. The topological polar surface area (TPSA) is 112 Å². The number of rotatable bonds is 12. The van der Waals surface area contributed by atoms with Crippen LogP contribution < -0.4 is 18.9 Å². The number of carbonyl (C=O) groups is 2. The Morgan fingerprint density at radius 1 is 0.824 bits per heavy atom. The quantitative estimate of drug-likeness (QED) is 0.458. The minimum Gasteiger partial charge on any atom is -0.493 e. The Hall–Kier alpha value is -3.42. The number of hydrogen-bond donors (Lipinski definition) is 2. The lowest BCUT2D eigenvalue weighted by Crippen LogP contribution is -2.24. The maximum Gasteiger partial charge on any atom is 0.308 e. The second-order valence-electron chi connectivity index (χ2n) is 8.29. The van der Waals surface area contributed by atoms with Crippen LogP contribution in [0.1, 0.15) is 61.6 Å². The number of carboxylic acid groups (broad SMARTS) is 2. The largest absolute Gasteiger partial charge is 0.493 e. The molecule has 0 amide bonds. The van der Waals surface area contributed by atoms with Crippen molar-refractivity contribution in [2.75, 3.05) is 27.4 Å². The fourth-order valence-corrected chi connectivity index (χ4v) is 4.62. The van der Waals surface area contributed by atoms with E-state index in [1.165, 1.54) is 14.2 Å². The second-order valence-corrected chi connectivity index (χ2v) is 8.29. The van der Waals surface area contributed by atoms with E-state index in [9.17, 15) is 19.8 Å². The summed E-state index contributed by atoms with van der Waals surface area (Å²) in [6, 6.07) is 8.87. The molecule has 0 saturated carbocycles. The fourth-order valence-electron chi connectivity index (χ4n) is 4.62. The predicted octanol–water partition coefficient (Wildman–Crippen LogP) is 4.69. The summed E-state index contributed by atoms with van der Waals surface area (Å²) in [6.07, 6.45) is 1.31. The fraction of sp³-hybridized carbons (Fsp3) is 0.462. The van der Waals surface area contributed by atoms with E-state index in [-0.39, 0.29) is 6.42 Å². The van der Waals surface area contributed by atoms with Gasteiger partial charge < -0.3 is 29.2 Å². The highest BCUT2D eigenvalue weighted by atomic mass is 16.5. The number of carboxylic acids is 2. The van der Waals surface area contributed by atoms with Crippen LogP contribution in [0.25, 0.3) is 0 Å². The van der Waals surface area contributed by atoms with Gasteiger partial charge in [-0.1, -0.05) is 19.9 Å². The van der Waals surface area contributed by atoms with Crippen LogP contribution in [0.2, 0.25) is 0 Å². The van der Waals surface area contributed by atoms with Gasteiger partial charge >= 0.3 is 11.9 Å². The number of fused-ring (bicyclic) bond motifs is 1. The zero-order valence-corrected chi connectivity index (χ0v) is 20.0. The van der Waals surface area contributed by atoms with Gasteiger partial charge in [-0.05, 0) is 53.8 Å². The normalized spacial score (nSPS) is 18.8. The lowest BCUT2D eigenvalue weighted by Gasteiger charge is -2.22. The van der Waals surface area contributed by atoms with Gasteiger partial charge in [0.05, 0.1) is 39.8 Å². The number of aliphatic carboxylic acids is 2. The first-order valence-corrected chi connectivity index (χ1v) is 11.5. The molecule has 8 nitrogen and oxygen atoms in total. The summed E-state index contributed by atoms with van der Waals surface area (Å²) < 4.78 is 22.6. The molecule has 8 heteroatoms. The molecule has 3 atom stereocenters. The van der Waals surface area contributed by atoms with E-state index < -0.39 is 29.7 Å². The smallest absolute Gasteiger partial charge is 0.308 e. The molecule has 1 aliphatic rings. The molecule has 2 aromatic rings. The lowest BCUT2D eigenvalue weighted by atomic mass is 9.81. The van der Waals surface area contributed by atoms with Gasteiger partial charge in [-0.2, -0.15) is 0 Å². The summed E-state index contributed by atoms with van der Waals surface area (Å²) in [5.74, 6) is -2.41. The highest BCUT2D eigenvalue weighted by Crippen LogP contribution is 2.54. The Morgan fingerprint density at radius 2 is 1.41 bits per heavy atom. The van der Waals surface area contributed by atoms with Crippen LogP contribution >= 0.6 is 0 Å². The van der Waals surface area contributed by atoms with Gasteiger partial charge in [0.25, 0.3) is 0 Å². The van der Waals surface area contributed by atoms with E-state index in [0.29, 0.717) is 47.3 Å². The van der Waals surface area contributed by atoms with Crippen molar-refractivity contribution in [1.29, 1.82) is 0 Å². The van der Waals surface area contributed by atoms with E-state index in [4.69, 9.17) is 18.9 Å². The summed E-state index contributed by atoms with van der Waals surface area (Å²) >= 11 is 0. The Kier molecular flexibility index (Phi) is 8.26. The molecule has 2 N–H and O–H groups in total. The standard InChI is InChI=1S/C26H32O8/c1-5-9-33-19-8-7-15(11-20(19)31-3)24-17-13-22(34-10-6-2)21(32-4)12-16(17)18(14-23(27)28)25(24)26(29)30/h7-8,11-13,18,24-25H,5-6,9-10,14H2,1-4H3,(H,27,28)(H,29,30). The lowest BCUT2D eigenvalue weighted by molar-refractivity contribution is -0.143. The molecule has 0 spiro atoms. The minimum absolute atomic E-state index is 0.312. The molecule has 0 fully saturated rings. The zero-order valence-electron chi connectivity index (χ0n) is 20.0. The van der Waals surface area contributed by atoms with Crippen LogP contribution in [0.5, 0.6) is 23.0 Å². The van der Waals surface area contributed by atoms with E-state index >= 15 is 0 Å². The van der Waals surface area contributed by atoms with E-state index in [0.717, 1.165) is 18.4 Å². The summed E-state index contributed by atoms with van der Waals surface area (Å²) in [5, 5.41) is 19.8. The minimum atomic E-state index is -1.06. The molecule has 0 heterocycles. The average Bonchev–Trinajstić information content (AvgIpc) is 3.13. The van der Waals surface area contributed by atoms with Crippen molar-refractivity contribution in [3.05, 3.63) is 47.0 Å². The molecule has 0 aliphatic heterocycles. The van der Waals surface area contributed by atoms with Gasteiger partial charge in [0, 0.05) is 11.8 Å². The molecule has 3 rings (SSSR count). The molecule has 0 saturated heterocycles. The number of hydrogen-bond acceptors (Lipinski definition) is 6. The third-order valence-electron chi connectivity index (χ3n) is 6.05. The third kappa shape index (κ3) is 5.05. The molecule has 0 aromatic heterocycles. The number of ether oxygens (including phenoxy) is 4. The SMILES string of the molecule is CCCOc1ccc(C2c3cc(OCCC)c(OC)cc3C(CC(=O)O)C2C(=O)O)cc1OC. The Labute approximate surface area is 199 Å². The van der Waals surface area contributed by atoms with Crippen molar-refractivity contribution in [2.45, 2.75) is 44.9 Å². The molecule has 0 radical (unpaired) electrons. The van der Waals surface area contributed by atoms with Crippen molar-refractivity contribution >= 4 is 11.9 Å². The van der Waals surface area contributed by atoms with Crippen LogP contribution in [0, 0.1) is 5.92 Å². The molecule has 0 bridgehead atoms. The van der Waals surface area contributed by atoms with Gasteiger partial charge in [-0.3, -0.25) is 9.59 Å². The van der Waals surface area contributed by atoms with E-state index in [2.05, 4.69) is 0 Å². The van der Waals surface area contributed by atoms with E-state index in [1.54, 1.807) is 24.3 Å². The van der Waals surface area contributed by atoms with Crippen LogP contribution in [0.4, 0.5) is 0 Å². The first-order chi connectivity index (χ1) is 16.4. The molecule has 2 aromatic carbocycles. The van der Waals surface area contributed by atoms with Crippen LogP contribution in [-0.2, 0) is 9.59 Å². The Bertz CT molecular complexity index is 1030. The van der Waals surface area contributed by atoms with Crippen LogP contribution in [-0.4, -0.2) is 49.6 Å². The third-order valence-corrected chi connectivity index (χ3v) is 6.05. The van der Waals surface area contributed by atoms with Gasteiger partial charge in [0.15, 0.2) is 23.0 Å². The molecular weight excluding hydrogens is 440 g/mol. The molecule has 34 heavy (non-hydrogen) atoms. The first kappa shape index (κ1) is 25.2. The van der Waals surface area contributed by atoms with E-state index in [1.807, 2.05) is 19.9 Å². The molecule has 3 unspecified atom stereocenters. The Balaban J connectivity index is 2.19. The van der Waals surface area contributed by atoms with Crippen molar-refractivity contribution in [3.63, 3.8) is 0 Å². The zero-order chi connectivity index (χ0) is 24.8. The predicted molar refractivity (Wildman–Crippen MR) is 126 cm³/mol. The summed E-state index contributed by atoms with van der Waals surface area (Å²) in [7, 11) is 3.04. The number of methoxy groups -OCH3 is 2. The highest BCUT2D eigenvalue weighted by molar-refractivity contribution is 5.79. The molecule has 1 aliphatic carbocycles. The number of benzene rings is 2. The summed E-state index contributed by atoms with van der Waals surface area (Å²) in [6.45, 7) is 4.99. The molecular formula is C26H32O8.